The molecule has 0 aliphatic carbocycles. The number of hydrogen-bond donors (Lipinski definition) is 2. The quantitative estimate of drug-likeness (QED) is 0.331. The molecular weight excluding hydrogens is 417 g/mol. The second-order valence-electron chi connectivity index (χ2n) is 6.99. The Balaban J connectivity index is 0.00000529. The Morgan fingerprint density at radius 3 is 2.38 bits per heavy atom. The van der Waals surface area contributed by atoms with Crippen molar-refractivity contribution in [3.8, 4) is 0 Å². The van der Waals surface area contributed by atoms with E-state index >= 15 is 0 Å². The maximum absolute atomic E-state index is 5.44. The minimum Gasteiger partial charge on any atom is -0.379 e. The minimum absolute atomic E-state index is 0. The van der Waals surface area contributed by atoms with Crippen molar-refractivity contribution in [3.05, 3.63) is 0 Å². The lowest BCUT2D eigenvalue weighted by Gasteiger charge is -2.41. The van der Waals surface area contributed by atoms with Crippen LogP contribution in [0.3, 0.4) is 0 Å². The molecule has 0 atom stereocenters. The topological polar surface area (TPSA) is 52.1 Å². The van der Waals surface area contributed by atoms with Crippen LogP contribution in [0.25, 0.3) is 0 Å². The number of rotatable bonds is 8. The molecule has 1 aliphatic heterocycles. The van der Waals surface area contributed by atoms with E-state index in [1.165, 1.54) is 0 Å². The van der Waals surface area contributed by atoms with Crippen molar-refractivity contribution in [3.63, 3.8) is 0 Å². The molecule has 0 aromatic rings. The monoisotopic (exact) mass is 455 g/mol. The van der Waals surface area contributed by atoms with Gasteiger partial charge in [0.1, 0.15) is 0 Å². The van der Waals surface area contributed by atoms with Crippen LogP contribution < -0.4 is 10.6 Å². The van der Waals surface area contributed by atoms with Gasteiger partial charge in [0.2, 0.25) is 0 Å². The Hall–Kier alpha value is -0.120. The number of nitrogens with zero attached hydrogens (tertiary/aromatic N) is 3. The summed E-state index contributed by atoms with van der Waals surface area (Å²) in [6.45, 7) is 18.8. The average Bonchev–Trinajstić information content (AvgIpc) is 2.54. The molecule has 1 saturated heterocycles. The van der Waals surface area contributed by atoms with Crippen LogP contribution in [0.1, 0.15) is 34.6 Å². The van der Waals surface area contributed by atoms with Gasteiger partial charge in [0.05, 0.1) is 13.2 Å². The maximum atomic E-state index is 5.44. The lowest BCUT2D eigenvalue weighted by Crippen LogP contribution is -2.56. The zero-order valence-corrected chi connectivity index (χ0v) is 18.7. The van der Waals surface area contributed by atoms with Gasteiger partial charge in [-0.05, 0) is 34.2 Å². The summed E-state index contributed by atoms with van der Waals surface area (Å²) in [5.41, 5.74) is 0.0921. The van der Waals surface area contributed by atoms with Crippen LogP contribution in [0.5, 0.6) is 0 Å². The van der Waals surface area contributed by atoms with Crippen molar-refractivity contribution >= 4 is 29.9 Å². The summed E-state index contributed by atoms with van der Waals surface area (Å²) in [6, 6.07) is 0.581. The van der Waals surface area contributed by atoms with Crippen LogP contribution >= 0.6 is 24.0 Å². The van der Waals surface area contributed by atoms with Gasteiger partial charge in [0.15, 0.2) is 5.96 Å². The first-order chi connectivity index (χ1) is 10.9. The van der Waals surface area contributed by atoms with Gasteiger partial charge in [-0.3, -0.25) is 14.8 Å². The molecule has 0 aromatic heterocycles. The number of aliphatic imine (C=N–C) groups is 1. The first-order valence-corrected chi connectivity index (χ1v) is 8.92. The molecule has 0 unspecified atom stereocenters. The van der Waals surface area contributed by atoms with Crippen LogP contribution in [0.15, 0.2) is 4.99 Å². The number of likely N-dealkylation sites (N-methyl/N-ethyl adjacent to an activating group) is 1. The Morgan fingerprint density at radius 2 is 1.88 bits per heavy atom. The van der Waals surface area contributed by atoms with Crippen molar-refractivity contribution in [2.45, 2.75) is 46.2 Å². The normalized spacial score (nSPS) is 17.1. The number of nitrogens with one attached hydrogen (secondary N) is 2. The predicted octanol–water partition coefficient (Wildman–Crippen LogP) is 1.61. The SMILES string of the molecule is CCN(CCNC(=NC)NCC(C)(C)N1CCOCC1)C(C)C.I. The number of morpholine rings is 1. The summed E-state index contributed by atoms with van der Waals surface area (Å²) in [6.07, 6.45) is 0. The molecule has 0 radical (unpaired) electrons. The largest absolute Gasteiger partial charge is 0.379 e. The number of guanidine groups is 1. The van der Waals surface area contributed by atoms with E-state index in [0.29, 0.717) is 6.04 Å². The summed E-state index contributed by atoms with van der Waals surface area (Å²) < 4.78 is 5.44. The lowest BCUT2D eigenvalue weighted by atomic mass is 10.0. The molecule has 1 heterocycles. The zero-order chi connectivity index (χ0) is 17.3. The molecule has 0 saturated carbocycles. The molecule has 0 spiro atoms. The van der Waals surface area contributed by atoms with Crippen molar-refractivity contribution in [2.75, 3.05) is 59.5 Å². The van der Waals surface area contributed by atoms with Crippen LogP contribution in [0.2, 0.25) is 0 Å². The van der Waals surface area contributed by atoms with Crippen LogP contribution in [0, 0.1) is 0 Å². The fourth-order valence-corrected chi connectivity index (χ4v) is 2.90. The molecule has 0 aromatic carbocycles. The highest BCUT2D eigenvalue weighted by atomic mass is 127. The summed E-state index contributed by atoms with van der Waals surface area (Å²) in [4.78, 5) is 9.26. The first kappa shape index (κ1) is 23.9. The van der Waals surface area contributed by atoms with Gasteiger partial charge >= 0.3 is 0 Å². The van der Waals surface area contributed by atoms with E-state index in [4.69, 9.17) is 4.74 Å². The Bertz CT molecular complexity index is 357. The average molecular weight is 455 g/mol. The van der Waals surface area contributed by atoms with Gasteiger partial charge in [-0.25, -0.2) is 0 Å². The van der Waals surface area contributed by atoms with E-state index < -0.39 is 0 Å². The van der Waals surface area contributed by atoms with Crippen molar-refractivity contribution in [2.24, 2.45) is 4.99 Å². The molecular formula is C17H38IN5O. The van der Waals surface area contributed by atoms with E-state index in [2.05, 4.69) is 60.0 Å². The molecule has 0 amide bonds. The first-order valence-electron chi connectivity index (χ1n) is 8.92. The van der Waals surface area contributed by atoms with Gasteiger partial charge in [0, 0.05) is 51.4 Å². The Kier molecular flexibility index (Phi) is 12.2. The third kappa shape index (κ3) is 8.31. The highest BCUT2D eigenvalue weighted by molar-refractivity contribution is 14.0. The highest BCUT2D eigenvalue weighted by Gasteiger charge is 2.28. The molecule has 1 rings (SSSR count). The van der Waals surface area contributed by atoms with Crippen LogP contribution in [-0.4, -0.2) is 86.9 Å². The molecule has 1 fully saturated rings. The van der Waals surface area contributed by atoms with Gasteiger partial charge in [-0.15, -0.1) is 24.0 Å². The fourth-order valence-electron chi connectivity index (χ4n) is 2.90. The van der Waals surface area contributed by atoms with E-state index in [9.17, 15) is 0 Å². The van der Waals surface area contributed by atoms with Crippen LogP contribution in [-0.2, 0) is 4.74 Å². The number of hydrogen-bond acceptors (Lipinski definition) is 4. The van der Waals surface area contributed by atoms with Crippen molar-refractivity contribution in [1.82, 2.24) is 20.4 Å². The molecule has 144 valence electrons. The van der Waals surface area contributed by atoms with E-state index in [1.807, 2.05) is 7.05 Å². The van der Waals surface area contributed by atoms with E-state index in [1.54, 1.807) is 0 Å². The number of halogens is 1. The van der Waals surface area contributed by atoms with Crippen molar-refractivity contribution in [1.29, 1.82) is 0 Å². The third-order valence-corrected chi connectivity index (χ3v) is 4.61. The Labute approximate surface area is 165 Å². The summed E-state index contributed by atoms with van der Waals surface area (Å²) in [5.74, 6) is 0.881. The van der Waals surface area contributed by atoms with Gasteiger partial charge in [0.25, 0.3) is 0 Å². The second kappa shape index (κ2) is 12.3. The highest BCUT2D eigenvalue weighted by Crippen LogP contribution is 2.14. The predicted molar refractivity (Wildman–Crippen MR) is 114 cm³/mol. The minimum atomic E-state index is 0. The molecule has 6 nitrogen and oxygen atoms in total. The fraction of sp³-hybridized carbons (Fsp3) is 0.941. The molecule has 7 heteroatoms. The number of ether oxygens (including phenoxy) is 1. The summed E-state index contributed by atoms with van der Waals surface area (Å²) in [5, 5.41) is 6.88. The van der Waals surface area contributed by atoms with Gasteiger partial charge in [-0.2, -0.15) is 0 Å². The summed E-state index contributed by atoms with van der Waals surface area (Å²) >= 11 is 0. The van der Waals surface area contributed by atoms with E-state index in [-0.39, 0.29) is 29.5 Å². The lowest BCUT2D eigenvalue weighted by molar-refractivity contribution is -0.00834. The molecule has 1 aliphatic rings. The van der Waals surface area contributed by atoms with Gasteiger partial charge < -0.3 is 15.4 Å². The Morgan fingerprint density at radius 1 is 1.25 bits per heavy atom. The van der Waals surface area contributed by atoms with Crippen LogP contribution in [0.4, 0.5) is 0 Å². The smallest absolute Gasteiger partial charge is 0.191 e. The summed E-state index contributed by atoms with van der Waals surface area (Å²) in [7, 11) is 1.83. The standard InChI is InChI=1S/C17H37N5O.HI/c1-7-21(15(2)3)9-8-19-16(18-6)20-14-17(4,5)22-10-12-23-13-11-22;/h15H,7-14H2,1-6H3,(H2,18,19,20);1H. The zero-order valence-electron chi connectivity index (χ0n) is 16.4. The molecule has 24 heavy (non-hydrogen) atoms. The maximum Gasteiger partial charge on any atom is 0.191 e. The van der Waals surface area contributed by atoms with E-state index in [0.717, 1.165) is 58.4 Å². The van der Waals surface area contributed by atoms with Crippen molar-refractivity contribution < 1.29 is 4.74 Å². The second-order valence-corrected chi connectivity index (χ2v) is 6.99. The van der Waals surface area contributed by atoms with Gasteiger partial charge in [-0.1, -0.05) is 6.92 Å². The third-order valence-electron chi connectivity index (χ3n) is 4.61. The molecule has 0 bridgehead atoms. The molecule has 2 N–H and O–H groups in total.